The maximum Gasteiger partial charge on any atom is 0.262 e. The highest BCUT2D eigenvalue weighted by Gasteiger charge is 2.19. The number of β-amino-alcohol motifs (C(OH)–C–C–N with tert-alkyl or cyclic N) is 1. The largest absolute Gasteiger partial charge is 0.390 e. The summed E-state index contributed by atoms with van der Waals surface area (Å²) in [6.07, 6.45) is 3.39. The molecule has 1 saturated heterocycles. The molecule has 0 amide bonds. The lowest BCUT2D eigenvalue weighted by Gasteiger charge is -2.31. The van der Waals surface area contributed by atoms with E-state index in [1.165, 1.54) is 28.7 Å². The van der Waals surface area contributed by atoms with Gasteiger partial charge in [-0.15, -0.1) is 11.3 Å². The van der Waals surface area contributed by atoms with Crippen molar-refractivity contribution in [2.24, 2.45) is 5.92 Å². The first-order chi connectivity index (χ1) is 10.1. The van der Waals surface area contributed by atoms with Crippen LogP contribution in [0.5, 0.6) is 0 Å². The van der Waals surface area contributed by atoms with E-state index in [1.807, 2.05) is 5.38 Å². The first-order valence-electron chi connectivity index (χ1n) is 7.46. The average Bonchev–Trinajstić information content (AvgIpc) is 2.94. The predicted molar refractivity (Wildman–Crippen MR) is 84.7 cm³/mol. The standard InChI is InChI=1S/C15H21N3O2S/c1-11-2-5-17(6-3-11)8-12(19)9-18-10-16-14-13(15(18)20)4-7-21-14/h4,7,10-12,19H,2-3,5-6,8-9H2,1H3/t12-/m0/s1. The van der Waals surface area contributed by atoms with Crippen molar-refractivity contribution in [1.29, 1.82) is 0 Å². The van der Waals surface area contributed by atoms with E-state index in [0.717, 1.165) is 23.8 Å². The van der Waals surface area contributed by atoms with Crippen LogP contribution in [0.1, 0.15) is 19.8 Å². The summed E-state index contributed by atoms with van der Waals surface area (Å²) in [4.78, 5) is 19.6. The second kappa shape index (κ2) is 6.25. The van der Waals surface area contributed by atoms with E-state index in [0.29, 0.717) is 18.5 Å². The fourth-order valence-electron chi connectivity index (χ4n) is 2.85. The second-order valence-electron chi connectivity index (χ2n) is 5.98. The molecule has 2 aromatic heterocycles. The smallest absolute Gasteiger partial charge is 0.262 e. The van der Waals surface area contributed by atoms with Crippen molar-refractivity contribution in [3.05, 3.63) is 28.1 Å². The lowest BCUT2D eigenvalue weighted by atomic mass is 9.99. The van der Waals surface area contributed by atoms with Gasteiger partial charge in [0.05, 0.1) is 24.4 Å². The average molecular weight is 307 g/mol. The van der Waals surface area contributed by atoms with Gasteiger partial charge in [0.15, 0.2) is 0 Å². The Morgan fingerprint density at radius 1 is 1.43 bits per heavy atom. The fourth-order valence-corrected chi connectivity index (χ4v) is 3.57. The highest BCUT2D eigenvalue weighted by molar-refractivity contribution is 7.16. The summed E-state index contributed by atoms with van der Waals surface area (Å²) in [5.41, 5.74) is -0.0624. The Morgan fingerprint density at radius 2 is 2.19 bits per heavy atom. The minimum atomic E-state index is -0.533. The molecular weight excluding hydrogens is 286 g/mol. The van der Waals surface area contributed by atoms with Crippen molar-refractivity contribution in [2.45, 2.75) is 32.4 Å². The fraction of sp³-hybridized carbons (Fsp3) is 0.600. The highest BCUT2D eigenvalue weighted by atomic mass is 32.1. The van der Waals surface area contributed by atoms with Gasteiger partial charge in [-0.1, -0.05) is 6.92 Å². The number of fused-ring (bicyclic) bond motifs is 1. The lowest BCUT2D eigenvalue weighted by Crippen LogP contribution is -2.40. The zero-order valence-electron chi connectivity index (χ0n) is 12.2. The van der Waals surface area contributed by atoms with Crippen molar-refractivity contribution >= 4 is 21.6 Å². The minimum absolute atomic E-state index is 0.0624. The molecular formula is C15H21N3O2S. The summed E-state index contributed by atoms with van der Waals surface area (Å²) in [6.45, 7) is 5.28. The third-order valence-electron chi connectivity index (χ3n) is 4.20. The van der Waals surface area contributed by atoms with Crippen LogP contribution < -0.4 is 5.56 Å². The van der Waals surface area contributed by atoms with Gasteiger partial charge < -0.3 is 10.0 Å². The summed E-state index contributed by atoms with van der Waals surface area (Å²) in [5.74, 6) is 0.784. The van der Waals surface area contributed by atoms with Crippen molar-refractivity contribution in [3.8, 4) is 0 Å². The van der Waals surface area contributed by atoms with Gasteiger partial charge in [-0.25, -0.2) is 4.98 Å². The van der Waals surface area contributed by atoms with E-state index >= 15 is 0 Å². The number of likely N-dealkylation sites (tertiary alicyclic amines) is 1. The summed E-state index contributed by atoms with van der Waals surface area (Å²) in [7, 11) is 0. The minimum Gasteiger partial charge on any atom is -0.390 e. The third kappa shape index (κ3) is 3.33. The Balaban J connectivity index is 1.64. The van der Waals surface area contributed by atoms with Gasteiger partial charge in [-0.05, 0) is 43.3 Å². The number of aliphatic hydroxyl groups excluding tert-OH is 1. The van der Waals surface area contributed by atoms with Crippen LogP contribution >= 0.6 is 11.3 Å². The van der Waals surface area contributed by atoms with E-state index in [-0.39, 0.29) is 5.56 Å². The van der Waals surface area contributed by atoms with Crippen molar-refractivity contribution in [3.63, 3.8) is 0 Å². The van der Waals surface area contributed by atoms with E-state index in [1.54, 1.807) is 12.4 Å². The van der Waals surface area contributed by atoms with Crippen LogP contribution in [0.3, 0.4) is 0 Å². The first-order valence-corrected chi connectivity index (χ1v) is 8.34. The topological polar surface area (TPSA) is 58.4 Å². The molecule has 0 aromatic carbocycles. The molecule has 114 valence electrons. The van der Waals surface area contributed by atoms with Crippen LogP contribution in [0.15, 0.2) is 22.6 Å². The zero-order chi connectivity index (χ0) is 14.8. The predicted octanol–water partition coefficient (Wildman–Crippen LogP) is 1.55. The molecule has 3 rings (SSSR count). The number of thiophene rings is 1. The van der Waals surface area contributed by atoms with Gasteiger partial charge in [-0.2, -0.15) is 0 Å². The first kappa shape index (κ1) is 14.7. The molecule has 1 N–H and O–H groups in total. The molecule has 1 atom stereocenters. The van der Waals surface area contributed by atoms with Gasteiger partial charge in [0.2, 0.25) is 0 Å². The number of hydrogen-bond acceptors (Lipinski definition) is 5. The maximum atomic E-state index is 12.3. The van der Waals surface area contributed by atoms with Gasteiger partial charge in [0.1, 0.15) is 4.83 Å². The van der Waals surface area contributed by atoms with E-state index in [2.05, 4.69) is 16.8 Å². The van der Waals surface area contributed by atoms with Crippen LogP contribution in [0.4, 0.5) is 0 Å². The Hall–Kier alpha value is -1.24. The highest BCUT2D eigenvalue weighted by Crippen LogP contribution is 2.16. The number of hydrogen-bond donors (Lipinski definition) is 1. The molecule has 0 unspecified atom stereocenters. The lowest BCUT2D eigenvalue weighted by molar-refractivity contribution is 0.0794. The Bertz CT molecular complexity index is 658. The Labute approximate surface area is 127 Å². The molecule has 0 spiro atoms. The quantitative estimate of drug-likeness (QED) is 0.931. The second-order valence-corrected chi connectivity index (χ2v) is 6.87. The summed E-state index contributed by atoms with van der Waals surface area (Å²) >= 11 is 1.46. The Morgan fingerprint density at radius 3 is 2.95 bits per heavy atom. The zero-order valence-corrected chi connectivity index (χ0v) is 13.1. The molecule has 0 saturated carbocycles. The SMILES string of the molecule is CC1CCN(C[C@H](O)Cn2cnc3sccc3c2=O)CC1. The third-order valence-corrected chi connectivity index (χ3v) is 5.02. The van der Waals surface area contributed by atoms with Crippen molar-refractivity contribution < 1.29 is 5.11 Å². The molecule has 0 radical (unpaired) electrons. The molecule has 1 aliphatic rings. The van der Waals surface area contributed by atoms with Crippen molar-refractivity contribution in [1.82, 2.24) is 14.5 Å². The Kier molecular flexibility index (Phi) is 4.37. The van der Waals surface area contributed by atoms with E-state index < -0.39 is 6.10 Å². The summed E-state index contributed by atoms with van der Waals surface area (Å²) < 4.78 is 1.52. The summed E-state index contributed by atoms with van der Waals surface area (Å²) in [5, 5.41) is 12.8. The molecule has 1 fully saturated rings. The van der Waals surface area contributed by atoms with Crippen LogP contribution in [0, 0.1) is 5.92 Å². The molecule has 21 heavy (non-hydrogen) atoms. The molecule has 0 aliphatic carbocycles. The van der Waals surface area contributed by atoms with Crippen LogP contribution in [-0.4, -0.2) is 45.3 Å². The maximum absolute atomic E-state index is 12.3. The van der Waals surface area contributed by atoms with Gasteiger partial charge >= 0.3 is 0 Å². The van der Waals surface area contributed by atoms with E-state index in [9.17, 15) is 9.90 Å². The molecule has 5 nitrogen and oxygen atoms in total. The number of aromatic nitrogens is 2. The molecule has 0 bridgehead atoms. The molecule has 6 heteroatoms. The van der Waals surface area contributed by atoms with Gasteiger partial charge in [-0.3, -0.25) is 9.36 Å². The number of rotatable bonds is 4. The van der Waals surface area contributed by atoms with Crippen molar-refractivity contribution in [2.75, 3.05) is 19.6 Å². The normalized spacial score (nSPS) is 19.1. The molecule has 3 heterocycles. The van der Waals surface area contributed by atoms with E-state index in [4.69, 9.17) is 0 Å². The summed E-state index contributed by atoms with van der Waals surface area (Å²) in [6, 6.07) is 1.80. The van der Waals surface area contributed by atoms with Crippen LogP contribution in [0.25, 0.3) is 10.2 Å². The number of aliphatic hydroxyl groups is 1. The van der Waals surface area contributed by atoms with Gasteiger partial charge in [0.25, 0.3) is 5.56 Å². The monoisotopic (exact) mass is 307 g/mol. The number of piperidine rings is 1. The van der Waals surface area contributed by atoms with Gasteiger partial charge in [0, 0.05) is 6.54 Å². The van der Waals surface area contributed by atoms with Crippen LogP contribution in [0.2, 0.25) is 0 Å². The number of nitrogens with zero attached hydrogens (tertiary/aromatic N) is 3. The molecule has 2 aromatic rings. The molecule has 1 aliphatic heterocycles. The van der Waals surface area contributed by atoms with Crippen LogP contribution in [-0.2, 0) is 6.54 Å².